The van der Waals surface area contributed by atoms with Gasteiger partial charge < -0.3 is 0 Å². The smallest absolute Gasteiger partial charge is 0.0124 e. The van der Waals surface area contributed by atoms with E-state index in [-0.39, 0.29) is 0 Å². The van der Waals surface area contributed by atoms with Gasteiger partial charge in [-0.3, -0.25) is 4.90 Å². The number of nitrogens with zero attached hydrogens (tertiary/aromatic N) is 1. The maximum Gasteiger partial charge on any atom is 0.0124 e. The molecule has 1 aliphatic carbocycles. The van der Waals surface area contributed by atoms with E-state index >= 15 is 0 Å². The zero-order chi connectivity index (χ0) is 8.72. The third-order valence-corrected chi connectivity index (χ3v) is 3.98. The summed E-state index contributed by atoms with van der Waals surface area (Å²) < 4.78 is 0. The van der Waals surface area contributed by atoms with Crippen molar-refractivity contribution in [3.63, 3.8) is 0 Å². The van der Waals surface area contributed by atoms with Crippen molar-refractivity contribution in [2.75, 3.05) is 7.05 Å². The van der Waals surface area contributed by atoms with Crippen molar-refractivity contribution in [1.82, 2.24) is 4.90 Å². The second kappa shape index (κ2) is 3.02. The second-order valence-electron chi connectivity index (χ2n) is 4.97. The fourth-order valence-electron chi connectivity index (χ4n) is 3.29. The fourth-order valence-corrected chi connectivity index (χ4v) is 3.29. The van der Waals surface area contributed by atoms with Gasteiger partial charge >= 0.3 is 0 Å². The van der Waals surface area contributed by atoms with Gasteiger partial charge in [0, 0.05) is 12.1 Å². The van der Waals surface area contributed by atoms with Crippen LogP contribution in [-0.2, 0) is 0 Å². The predicted octanol–water partition coefficient (Wildman–Crippen LogP) is 2.52. The van der Waals surface area contributed by atoms with E-state index in [1.165, 1.54) is 25.7 Å². The lowest BCUT2D eigenvalue weighted by Gasteiger charge is -2.27. The van der Waals surface area contributed by atoms with Crippen LogP contribution in [0.5, 0.6) is 0 Å². The van der Waals surface area contributed by atoms with Crippen molar-refractivity contribution < 1.29 is 0 Å². The summed E-state index contributed by atoms with van der Waals surface area (Å²) in [4.78, 5) is 2.66. The van der Waals surface area contributed by atoms with Crippen LogP contribution >= 0.6 is 0 Å². The van der Waals surface area contributed by atoms with Gasteiger partial charge in [0.15, 0.2) is 0 Å². The Labute approximate surface area is 76.1 Å². The van der Waals surface area contributed by atoms with E-state index in [1.807, 2.05) is 0 Å². The normalized spacial score (nSPS) is 42.5. The maximum absolute atomic E-state index is 2.66. The molecule has 1 saturated heterocycles. The van der Waals surface area contributed by atoms with E-state index in [4.69, 9.17) is 0 Å². The number of likely N-dealkylation sites (tertiary alicyclic amines) is 1. The molecule has 0 aromatic carbocycles. The zero-order valence-corrected chi connectivity index (χ0v) is 8.59. The highest BCUT2D eigenvalue weighted by atomic mass is 15.2. The molecule has 2 aliphatic rings. The molecule has 2 fully saturated rings. The van der Waals surface area contributed by atoms with Crippen LogP contribution in [0.2, 0.25) is 0 Å². The maximum atomic E-state index is 2.66. The first-order chi connectivity index (χ1) is 5.70. The number of fused-ring (bicyclic) bond motifs is 1. The Morgan fingerprint density at radius 3 is 2.58 bits per heavy atom. The molecule has 12 heavy (non-hydrogen) atoms. The van der Waals surface area contributed by atoms with Gasteiger partial charge in [-0.05, 0) is 38.1 Å². The van der Waals surface area contributed by atoms with Crippen LogP contribution in [0.3, 0.4) is 0 Å². The third-order valence-electron chi connectivity index (χ3n) is 3.98. The summed E-state index contributed by atoms with van der Waals surface area (Å²) in [6, 6.07) is 1.82. The first-order valence-electron chi connectivity index (χ1n) is 5.42. The van der Waals surface area contributed by atoms with Crippen LogP contribution in [0.1, 0.15) is 39.5 Å². The first-order valence-corrected chi connectivity index (χ1v) is 5.42. The highest BCUT2D eigenvalue weighted by molar-refractivity contribution is 4.96. The lowest BCUT2D eigenvalue weighted by Crippen LogP contribution is -2.35. The molecule has 3 unspecified atom stereocenters. The molecule has 70 valence electrons. The van der Waals surface area contributed by atoms with Gasteiger partial charge in [0.05, 0.1) is 0 Å². The van der Waals surface area contributed by atoms with E-state index < -0.39 is 0 Å². The van der Waals surface area contributed by atoms with E-state index in [9.17, 15) is 0 Å². The highest BCUT2D eigenvalue weighted by Crippen LogP contribution is 2.41. The Hall–Kier alpha value is -0.0400. The van der Waals surface area contributed by atoms with E-state index in [1.54, 1.807) is 0 Å². The molecule has 1 aliphatic heterocycles. The van der Waals surface area contributed by atoms with Crippen LogP contribution in [0.15, 0.2) is 0 Å². The molecule has 2 rings (SSSR count). The number of hydrogen-bond acceptors (Lipinski definition) is 1. The van der Waals surface area contributed by atoms with E-state index in [0.29, 0.717) is 0 Å². The van der Waals surface area contributed by atoms with Gasteiger partial charge in [0.2, 0.25) is 0 Å². The van der Waals surface area contributed by atoms with Crippen LogP contribution in [0.4, 0.5) is 0 Å². The molecule has 0 N–H and O–H groups in total. The Morgan fingerprint density at radius 1 is 1.25 bits per heavy atom. The minimum atomic E-state index is 0.848. The molecule has 3 atom stereocenters. The summed E-state index contributed by atoms with van der Waals surface area (Å²) in [6.45, 7) is 4.73. The van der Waals surface area contributed by atoms with Crippen LogP contribution in [0, 0.1) is 11.8 Å². The summed E-state index contributed by atoms with van der Waals surface area (Å²) >= 11 is 0. The third kappa shape index (κ3) is 1.19. The molecular weight excluding hydrogens is 146 g/mol. The minimum Gasteiger partial charge on any atom is -0.300 e. The molecule has 1 heteroatoms. The van der Waals surface area contributed by atoms with Crippen LogP contribution < -0.4 is 0 Å². The number of hydrogen-bond donors (Lipinski definition) is 0. The zero-order valence-electron chi connectivity index (χ0n) is 8.59. The average Bonchev–Trinajstić information content (AvgIpc) is 2.53. The van der Waals surface area contributed by atoms with Gasteiger partial charge in [0.1, 0.15) is 0 Å². The van der Waals surface area contributed by atoms with Gasteiger partial charge in [-0.2, -0.15) is 0 Å². The monoisotopic (exact) mass is 167 g/mol. The molecule has 0 radical (unpaired) electrons. The average molecular weight is 167 g/mol. The van der Waals surface area contributed by atoms with Gasteiger partial charge in [-0.1, -0.05) is 20.3 Å². The fraction of sp³-hybridized carbons (Fsp3) is 1.00. The predicted molar refractivity (Wildman–Crippen MR) is 52.1 cm³/mol. The van der Waals surface area contributed by atoms with Gasteiger partial charge in [-0.25, -0.2) is 0 Å². The first kappa shape index (κ1) is 8.55. The summed E-state index contributed by atoms with van der Waals surface area (Å²) in [5.41, 5.74) is 0. The highest BCUT2D eigenvalue weighted by Gasteiger charge is 2.42. The Bertz CT molecular complexity index is 164. The number of rotatable bonds is 1. The van der Waals surface area contributed by atoms with Gasteiger partial charge in [-0.15, -0.1) is 0 Å². The lowest BCUT2D eigenvalue weighted by molar-refractivity contribution is 0.195. The topological polar surface area (TPSA) is 3.24 Å². The molecule has 1 heterocycles. The summed E-state index contributed by atoms with van der Waals surface area (Å²) in [5, 5.41) is 0. The quantitative estimate of drug-likeness (QED) is 0.580. The Morgan fingerprint density at radius 2 is 2.00 bits per heavy atom. The van der Waals surface area contributed by atoms with Crippen molar-refractivity contribution in [2.45, 2.75) is 51.6 Å². The Balaban J connectivity index is 2.05. The largest absolute Gasteiger partial charge is 0.300 e. The van der Waals surface area contributed by atoms with E-state index in [0.717, 1.165) is 23.9 Å². The molecule has 0 aromatic rings. The molecule has 0 spiro atoms. The molecule has 0 bridgehead atoms. The molecule has 1 nitrogen and oxygen atoms in total. The summed E-state index contributed by atoms with van der Waals surface area (Å²) in [7, 11) is 2.33. The van der Waals surface area contributed by atoms with Crippen molar-refractivity contribution >= 4 is 0 Å². The van der Waals surface area contributed by atoms with E-state index in [2.05, 4.69) is 25.8 Å². The van der Waals surface area contributed by atoms with Crippen molar-refractivity contribution in [2.24, 2.45) is 11.8 Å². The lowest BCUT2D eigenvalue weighted by atomic mass is 9.96. The minimum absolute atomic E-state index is 0.848. The standard InChI is InChI=1S/C11H21N/c1-8(2)11-7-9-5-4-6-10(9)12(11)3/h8-11H,4-7H2,1-3H3. The molecular formula is C11H21N. The van der Waals surface area contributed by atoms with Crippen molar-refractivity contribution in [3.8, 4) is 0 Å². The molecule has 0 amide bonds. The summed E-state index contributed by atoms with van der Waals surface area (Å²) in [5.74, 6) is 1.89. The second-order valence-corrected chi connectivity index (χ2v) is 4.97. The van der Waals surface area contributed by atoms with Crippen molar-refractivity contribution in [1.29, 1.82) is 0 Å². The Kier molecular flexibility index (Phi) is 2.16. The molecule has 1 saturated carbocycles. The van der Waals surface area contributed by atoms with Crippen molar-refractivity contribution in [3.05, 3.63) is 0 Å². The molecule has 0 aromatic heterocycles. The van der Waals surface area contributed by atoms with Gasteiger partial charge in [0.25, 0.3) is 0 Å². The van der Waals surface area contributed by atoms with Crippen LogP contribution in [-0.4, -0.2) is 24.0 Å². The SMILES string of the molecule is CC(C)C1CC2CCCC2N1C. The van der Waals surface area contributed by atoms with Crippen LogP contribution in [0.25, 0.3) is 0 Å². The summed E-state index contributed by atoms with van der Waals surface area (Å²) in [6.07, 6.45) is 5.91.